The smallest absolute Gasteiger partial charge is 0.241 e. The molecule has 43 heavy (non-hydrogen) atoms. The summed E-state index contributed by atoms with van der Waals surface area (Å²) >= 11 is 0. The maximum Gasteiger partial charge on any atom is 0.241 e. The van der Waals surface area contributed by atoms with Crippen molar-refractivity contribution < 1.29 is 13.2 Å². The molecule has 4 aromatic carbocycles. The number of nitrogens with one attached hydrogen (secondary N) is 3. The van der Waals surface area contributed by atoms with Gasteiger partial charge < -0.3 is 5.32 Å². The third-order valence-electron chi connectivity index (χ3n) is 8.65. The van der Waals surface area contributed by atoms with Gasteiger partial charge in [0, 0.05) is 32.1 Å². The number of aryl methyl sites for hydroxylation is 1. The van der Waals surface area contributed by atoms with Crippen LogP contribution in [0.5, 0.6) is 0 Å². The molecule has 0 radical (unpaired) electrons. The number of rotatable bonds is 10. The summed E-state index contributed by atoms with van der Waals surface area (Å²) < 4.78 is 29.8. The molecule has 8 heteroatoms. The molecule has 2 atom stereocenters. The van der Waals surface area contributed by atoms with E-state index in [0.717, 1.165) is 55.2 Å². The highest BCUT2D eigenvalue weighted by Crippen LogP contribution is 2.26. The SMILES string of the molecule is O=C(CC(NS(=O)(=O)c1ccc2ccccc2c1)c1ccccc1)NC1CCc2ccc(CNN3CCCCC3)cc2C1. The molecule has 1 aliphatic carbocycles. The lowest BCUT2D eigenvalue weighted by Crippen LogP contribution is -2.41. The summed E-state index contributed by atoms with van der Waals surface area (Å²) in [6, 6.07) is 28.1. The van der Waals surface area contributed by atoms with Gasteiger partial charge in [-0.1, -0.05) is 85.3 Å². The number of benzene rings is 4. The topological polar surface area (TPSA) is 90.5 Å². The first-order valence-corrected chi connectivity index (χ1v) is 16.9. The van der Waals surface area contributed by atoms with E-state index in [9.17, 15) is 13.2 Å². The third kappa shape index (κ3) is 7.51. The lowest BCUT2D eigenvalue weighted by molar-refractivity contribution is -0.122. The molecule has 0 saturated carbocycles. The largest absolute Gasteiger partial charge is 0.353 e. The second-order valence-electron chi connectivity index (χ2n) is 11.8. The molecule has 6 rings (SSSR count). The van der Waals surface area contributed by atoms with E-state index < -0.39 is 16.1 Å². The maximum atomic E-state index is 13.5. The molecule has 7 nitrogen and oxygen atoms in total. The van der Waals surface area contributed by atoms with Crippen molar-refractivity contribution >= 4 is 26.7 Å². The minimum absolute atomic E-state index is 0.0128. The third-order valence-corrected chi connectivity index (χ3v) is 10.1. The summed E-state index contributed by atoms with van der Waals surface area (Å²) in [6.45, 7) is 3.00. The molecule has 1 aliphatic heterocycles. The number of fused-ring (bicyclic) bond motifs is 2. The van der Waals surface area contributed by atoms with Crippen molar-refractivity contribution in [2.24, 2.45) is 0 Å². The highest BCUT2D eigenvalue weighted by molar-refractivity contribution is 7.89. The number of nitrogens with zero attached hydrogens (tertiary/aromatic N) is 1. The molecular formula is C35H40N4O3S. The fourth-order valence-corrected chi connectivity index (χ4v) is 7.53. The Balaban J connectivity index is 1.11. The summed E-state index contributed by atoms with van der Waals surface area (Å²) in [7, 11) is -3.88. The number of sulfonamides is 1. The highest BCUT2D eigenvalue weighted by atomic mass is 32.2. The lowest BCUT2D eigenvalue weighted by atomic mass is 9.87. The van der Waals surface area contributed by atoms with Gasteiger partial charge in [-0.2, -0.15) is 0 Å². The molecule has 1 fully saturated rings. The Hall–Kier alpha value is -3.56. The van der Waals surface area contributed by atoms with Crippen LogP contribution in [0.2, 0.25) is 0 Å². The zero-order valence-electron chi connectivity index (χ0n) is 24.5. The molecule has 2 aliphatic rings. The summed E-state index contributed by atoms with van der Waals surface area (Å²) in [6.07, 6.45) is 6.37. The Morgan fingerprint density at radius 2 is 1.60 bits per heavy atom. The number of hydrogen-bond acceptors (Lipinski definition) is 5. The zero-order chi connectivity index (χ0) is 29.6. The van der Waals surface area contributed by atoms with Crippen molar-refractivity contribution in [3.8, 4) is 0 Å². The molecule has 2 unspecified atom stereocenters. The van der Waals surface area contributed by atoms with E-state index in [1.54, 1.807) is 12.1 Å². The number of hydrazine groups is 1. The quantitative estimate of drug-likeness (QED) is 0.228. The number of piperidine rings is 1. The second kappa shape index (κ2) is 13.4. The van der Waals surface area contributed by atoms with Crippen LogP contribution in [-0.4, -0.2) is 38.5 Å². The van der Waals surface area contributed by atoms with E-state index in [-0.39, 0.29) is 23.3 Å². The Kier molecular flexibility index (Phi) is 9.19. The number of carbonyl (C=O) groups is 1. The highest BCUT2D eigenvalue weighted by Gasteiger charge is 2.26. The minimum atomic E-state index is -3.88. The van der Waals surface area contributed by atoms with Crippen LogP contribution in [0.3, 0.4) is 0 Å². The van der Waals surface area contributed by atoms with Crippen LogP contribution in [-0.2, 0) is 34.2 Å². The zero-order valence-corrected chi connectivity index (χ0v) is 25.3. The first-order valence-electron chi connectivity index (χ1n) is 15.4. The van der Waals surface area contributed by atoms with Gasteiger partial charge in [0.25, 0.3) is 0 Å². The first-order chi connectivity index (χ1) is 20.9. The molecule has 4 aromatic rings. The van der Waals surface area contributed by atoms with Crippen LogP contribution in [0.15, 0.2) is 95.9 Å². The van der Waals surface area contributed by atoms with E-state index in [0.29, 0.717) is 0 Å². The molecule has 0 bridgehead atoms. The van der Waals surface area contributed by atoms with Gasteiger partial charge >= 0.3 is 0 Å². The molecular weight excluding hydrogens is 556 g/mol. The Morgan fingerprint density at radius 3 is 2.42 bits per heavy atom. The van der Waals surface area contributed by atoms with E-state index >= 15 is 0 Å². The van der Waals surface area contributed by atoms with E-state index in [1.807, 2.05) is 60.7 Å². The van der Waals surface area contributed by atoms with Gasteiger partial charge in [0.1, 0.15) is 0 Å². The average molecular weight is 597 g/mol. The number of hydrogen-bond donors (Lipinski definition) is 3. The van der Waals surface area contributed by atoms with Gasteiger partial charge in [0.05, 0.1) is 10.9 Å². The standard InChI is InChI=1S/C35H40N4O3S/c40-35(37-32-17-15-28-14-13-26(21-31(28)22-32)25-36-39-19-7-2-8-20-39)24-34(29-10-3-1-4-11-29)38-43(41,42)33-18-16-27-9-5-6-12-30(27)23-33/h1,3-6,9-14,16,18,21,23,32,34,36,38H,2,7-8,15,17,19-20,22,24-25H2,(H,37,40). The molecule has 1 amide bonds. The van der Waals surface area contributed by atoms with Crippen LogP contribution >= 0.6 is 0 Å². The Bertz CT molecular complexity index is 1670. The van der Waals surface area contributed by atoms with Crippen molar-refractivity contribution in [3.63, 3.8) is 0 Å². The van der Waals surface area contributed by atoms with E-state index in [2.05, 4.69) is 38.7 Å². The average Bonchev–Trinajstić information content (AvgIpc) is 3.04. The molecule has 1 saturated heterocycles. The summed E-state index contributed by atoms with van der Waals surface area (Å²) in [5, 5.41) is 7.36. The van der Waals surface area contributed by atoms with Gasteiger partial charge in [0.15, 0.2) is 0 Å². The fraction of sp³-hybridized carbons (Fsp3) is 0.343. The summed E-state index contributed by atoms with van der Waals surface area (Å²) in [4.78, 5) is 13.6. The molecule has 0 aromatic heterocycles. The van der Waals surface area contributed by atoms with Gasteiger partial charge in [-0.15, -0.1) is 0 Å². The first kappa shape index (κ1) is 29.5. The van der Waals surface area contributed by atoms with Crippen molar-refractivity contribution in [1.29, 1.82) is 0 Å². The van der Waals surface area contributed by atoms with Crippen LogP contribution in [0.25, 0.3) is 10.8 Å². The van der Waals surface area contributed by atoms with Gasteiger partial charge in [0.2, 0.25) is 15.9 Å². The number of amides is 1. The van der Waals surface area contributed by atoms with Crippen molar-refractivity contribution in [2.75, 3.05) is 13.1 Å². The maximum absolute atomic E-state index is 13.5. The number of carbonyl (C=O) groups excluding carboxylic acids is 1. The lowest BCUT2D eigenvalue weighted by Gasteiger charge is -2.28. The van der Waals surface area contributed by atoms with Crippen LogP contribution in [0, 0.1) is 0 Å². The van der Waals surface area contributed by atoms with Crippen molar-refractivity contribution in [2.45, 2.75) is 68.5 Å². The predicted molar refractivity (Wildman–Crippen MR) is 171 cm³/mol. The van der Waals surface area contributed by atoms with Crippen molar-refractivity contribution in [3.05, 3.63) is 113 Å². The normalized spacial score (nSPS) is 18.2. The Labute approximate surface area is 254 Å². The minimum Gasteiger partial charge on any atom is -0.353 e. The van der Waals surface area contributed by atoms with Gasteiger partial charge in [-0.05, 0) is 77.3 Å². The molecule has 0 spiro atoms. The predicted octanol–water partition coefficient (Wildman–Crippen LogP) is 5.41. The summed E-state index contributed by atoms with van der Waals surface area (Å²) in [5.74, 6) is -0.161. The van der Waals surface area contributed by atoms with Gasteiger partial charge in [-0.25, -0.2) is 18.1 Å². The van der Waals surface area contributed by atoms with Crippen molar-refractivity contribution in [1.82, 2.24) is 20.5 Å². The monoisotopic (exact) mass is 596 g/mol. The Morgan fingerprint density at radius 1 is 0.837 bits per heavy atom. The molecule has 224 valence electrons. The molecule has 1 heterocycles. The summed E-state index contributed by atoms with van der Waals surface area (Å²) in [5.41, 5.74) is 8.21. The van der Waals surface area contributed by atoms with E-state index in [4.69, 9.17) is 0 Å². The second-order valence-corrected chi connectivity index (χ2v) is 13.5. The van der Waals surface area contributed by atoms with Crippen LogP contribution in [0.1, 0.15) is 60.4 Å². The fourth-order valence-electron chi connectivity index (χ4n) is 6.27. The van der Waals surface area contributed by atoms with Gasteiger partial charge in [-0.3, -0.25) is 10.2 Å². The van der Waals surface area contributed by atoms with E-state index in [1.165, 1.54) is 36.0 Å². The van der Waals surface area contributed by atoms with Crippen LogP contribution in [0.4, 0.5) is 0 Å². The van der Waals surface area contributed by atoms with Crippen LogP contribution < -0.4 is 15.5 Å². The molecule has 3 N–H and O–H groups in total.